The zero-order valence-electron chi connectivity index (χ0n) is 16.7. The number of aryl methyl sites for hydroxylation is 2. The molecule has 7 heteroatoms. The van der Waals surface area contributed by atoms with Gasteiger partial charge in [-0.05, 0) is 67.4 Å². The van der Waals surface area contributed by atoms with Crippen LogP contribution in [0.2, 0.25) is 5.02 Å². The molecule has 154 valence electrons. The van der Waals surface area contributed by atoms with Crippen LogP contribution in [0.3, 0.4) is 0 Å². The third kappa shape index (κ3) is 5.99. The molecule has 0 aliphatic rings. The lowest BCUT2D eigenvalue weighted by Crippen LogP contribution is -2.22. The molecule has 0 bridgehead atoms. The SMILES string of the molecule is Cc1ccc(NC(=O)Nc2ccccc2)cc1NC(=O)COc1ccc(Cl)cc1C. The maximum atomic E-state index is 12.3. The summed E-state index contributed by atoms with van der Waals surface area (Å²) >= 11 is 5.93. The fourth-order valence-electron chi connectivity index (χ4n) is 2.75. The molecule has 3 rings (SSSR count). The van der Waals surface area contributed by atoms with E-state index in [-0.39, 0.29) is 18.5 Å². The number of urea groups is 1. The lowest BCUT2D eigenvalue weighted by atomic mass is 10.2. The second kappa shape index (κ2) is 9.80. The largest absolute Gasteiger partial charge is 0.483 e. The van der Waals surface area contributed by atoms with Crippen molar-refractivity contribution in [3.63, 3.8) is 0 Å². The van der Waals surface area contributed by atoms with Gasteiger partial charge in [0, 0.05) is 22.1 Å². The van der Waals surface area contributed by atoms with Gasteiger partial charge in [0.1, 0.15) is 5.75 Å². The first-order valence-electron chi connectivity index (χ1n) is 9.33. The van der Waals surface area contributed by atoms with Gasteiger partial charge < -0.3 is 20.7 Å². The minimum atomic E-state index is -0.371. The Labute approximate surface area is 180 Å². The van der Waals surface area contributed by atoms with E-state index in [2.05, 4.69) is 16.0 Å². The van der Waals surface area contributed by atoms with Crippen LogP contribution < -0.4 is 20.7 Å². The van der Waals surface area contributed by atoms with Gasteiger partial charge in [0.15, 0.2) is 6.61 Å². The monoisotopic (exact) mass is 423 g/mol. The van der Waals surface area contributed by atoms with E-state index in [4.69, 9.17) is 16.3 Å². The van der Waals surface area contributed by atoms with Crippen LogP contribution in [0.5, 0.6) is 5.75 Å². The number of amides is 3. The number of nitrogens with one attached hydrogen (secondary N) is 3. The molecule has 0 saturated heterocycles. The van der Waals surface area contributed by atoms with E-state index in [1.54, 1.807) is 42.5 Å². The van der Waals surface area contributed by atoms with Crippen LogP contribution in [-0.4, -0.2) is 18.5 Å². The van der Waals surface area contributed by atoms with Gasteiger partial charge in [-0.1, -0.05) is 35.9 Å². The molecule has 0 unspecified atom stereocenters. The molecule has 0 aliphatic carbocycles. The highest BCUT2D eigenvalue weighted by Gasteiger charge is 2.10. The molecule has 0 saturated carbocycles. The maximum absolute atomic E-state index is 12.3. The predicted octanol–water partition coefficient (Wildman–Crippen LogP) is 5.62. The Hall–Kier alpha value is -3.51. The van der Waals surface area contributed by atoms with Crippen LogP contribution in [0, 0.1) is 13.8 Å². The Kier molecular flexibility index (Phi) is 6.93. The summed E-state index contributed by atoms with van der Waals surface area (Å²) in [5.41, 5.74) is 3.54. The van der Waals surface area contributed by atoms with Gasteiger partial charge in [0.05, 0.1) is 0 Å². The quantitative estimate of drug-likeness (QED) is 0.481. The average Bonchev–Trinajstić information content (AvgIpc) is 2.70. The van der Waals surface area contributed by atoms with Crippen molar-refractivity contribution in [2.75, 3.05) is 22.6 Å². The summed E-state index contributed by atoms with van der Waals surface area (Å²) in [5, 5.41) is 8.93. The number of ether oxygens (including phenoxy) is 1. The molecule has 3 N–H and O–H groups in total. The summed E-state index contributed by atoms with van der Waals surface area (Å²) in [6, 6.07) is 19.3. The third-order valence-corrected chi connectivity index (χ3v) is 4.53. The molecular formula is C23H22ClN3O3. The summed E-state index contributed by atoms with van der Waals surface area (Å²) in [6.45, 7) is 3.58. The molecule has 0 aliphatic heterocycles. The van der Waals surface area contributed by atoms with Crippen molar-refractivity contribution < 1.29 is 14.3 Å². The summed E-state index contributed by atoms with van der Waals surface area (Å²) < 4.78 is 5.58. The molecule has 3 aromatic rings. The van der Waals surface area contributed by atoms with E-state index in [1.807, 2.05) is 38.1 Å². The molecule has 0 aromatic heterocycles. The van der Waals surface area contributed by atoms with Crippen molar-refractivity contribution in [2.24, 2.45) is 0 Å². The maximum Gasteiger partial charge on any atom is 0.323 e. The van der Waals surface area contributed by atoms with Crippen LogP contribution in [0.15, 0.2) is 66.7 Å². The summed E-state index contributed by atoms with van der Waals surface area (Å²) in [4.78, 5) is 24.5. The van der Waals surface area contributed by atoms with Crippen LogP contribution in [0.1, 0.15) is 11.1 Å². The Bertz CT molecular complexity index is 1050. The average molecular weight is 424 g/mol. The third-order valence-electron chi connectivity index (χ3n) is 4.30. The number of carbonyl (C=O) groups is 2. The van der Waals surface area contributed by atoms with Crippen molar-refractivity contribution >= 4 is 40.6 Å². The molecule has 0 spiro atoms. The van der Waals surface area contributed by atoms with Gasteiger partial charge >= 0.3 is 6.03 Å². The van der Waals surface area contributed by atoms with Crippen molar-refractivity contribution in [3.05, 3.63) is 82.9 Å². The molecule has 6 nitrogen and oxygen atoms in total. The first-order chi connectivity index (χ1) is 14.4. The minimum absolute atomic E-state index is 0.145. The van der Waals surface area contributed by atoms with Gasteiger partial charge in [-0.15, -0.1) is 0 Å². The molecule has 0 heterocycles. The lowest BCUT2D eigenvalue weighted by Gasteiger charge is -2.13. The fraction of sp³-hybridized carbons (Fsp3) is 0.130. The van der Waals surface area contributed by atoms with Gasteiger partial charge in [0.25, 0.3) is 5.91 Å². The number of halogens is 1. The van der Waals surface area contributed by atoms with E-state index in [1.165, 1.54) is 0 Å². The van der Waals surface area contributed by atoms with Gasteiger partial charge in [-0.25, -0.2) is 4.79 Å². The number of hydrogen-bond acceptors (Lipinski definition) is 3. The van der Waals surface area contributed by atoms with E-state index >= 15 is 0 Å². The Morgan fingerprint density at radius 3 is 2.30 bits per heavy atom. The highest BCUT2D eigenvalue weighted by Crippen LogP contribution is 2.23. The van der Waals surface area contributed by atoms with Gasteiger partial charge in [0.2, 0.25) is 0 Å². The fourth-order valence-corrected chi connectivity index (χ4v) is 2.98. The second-order valence-electron chi connectivity index (χ2n) is 6.72. The van der Waals surface area contributed by atoms with E-state index in [9.17, 15) is 9.59 Å². The van der Waals surface area contributed by atoms with Crippen molar-refractivity contribution in [2.45, 2.75) is 13.8 Å². The summed E-state index contributed by atoms with van der Waals surface area (Å²) in [5.74, 6) is 0.289. The lowest BCUT2D eigenvalue weighted by molar-refractivity contribution is -0.118. The first kappa shape index (κ1) is 21.2. The van der Waals surface area contributed by atoms with Crippen molar-refractivity contribution in [1.29, 1.82) is 0 Å². The Balaban J connectivity index is 1.59. The predicted molar refractivity (Wildman–Crippen MR) is 121 cm³/mol. The van der Waals surface area contributed by atoms with Crippen LogP contribution in [0.25, 0.3) is 0 Å². The van der Waals surface area contributed by atoms with Crippen molar-refractivity contribution in [3.8, 4) is 5.75 Å². The minimum Gasteiger partial charge on any atom is -0.483 e. The number of rotatable bonds is 6. The van der Waals surface area contributed by atoms with Crippen molar-refractivity contribution in [1.82, 2.24) is 0 Å². The highest BCUT2D eigenvalue weighted by molar-refractivity contribution is 6.30. The molecule has 0 atom stereocenters. The zero-order chi connectivity index (χ0) is 21.5. The van der Waals surface area contributed by atoms with Crippen LogP contribution in [0.4, 0.5) is 21.9 Å². The van der Waals surface area contributed by atoms with E-state index < -0.39 is 0 Å². The number of benzene rings is 3. The van der Waals surface area contributed by atoms with E-state index in [0.29, 0.717) is 27.8 Å². The number of anilines is 3. The standard InChI is InChI=1S/C23H22ClN3O3/c1-15-8-10-19(26-23(29)25-18-6-4-3-5-7-18)13-20(15)27-22(28)14-30-21-11-9-17(24)12-16(21)2/h3-13H,14H2,1-2H3,(H,27,28)(H2,25,26,29). The zero-order valence-corrected chi connectivity index (χ0v) is 17.4. The van der Waals surface area contributed by atoms with E-state index in [0.717, 1.165) is 11.1 Å². The summed E-state index contributed by atoms with van der Waals surface area (Å²) in [7, 11) is 0. The molecule has 0 radical (unpaired) electrons. The topological polar surface area (TPSA) is 79.5 Å². The Morgan fingerprint density at radius 2 is 1.57 bits per heavy atom. The summed E-state index contributed by atoms with van der Waals surface area (Å²) in [6.07, 6.45) is 0. The normalized spacial score (nSPS) is 10.2. The second-order valence-corrected chi connectivity index (χ2v) is 7.16. The van der Waals surface area contributed by atoms with Gasteiger partial charge in [-0.2, -0.15) is 0 Å². The number of carbonyl (C=O) groups excluding carboxylic acids is 2. The molecular weight excluding hydrogens is 402 g/mol. The highest BCUT2D eigenvalue weighted by atomic mass is 35.5. The van der Waals surface area contributed by atoms with Crippen LogP contribution >= 0.6 is 11.6 Å². The van der Waals surface area contributed by atoms with Gasteiger partial charge in [-0.3, -0.25) is 4.79 Å². The smallest absolute Gasteiger partial charge is 0.323 e. The molecule has 0 fully saturated rings. The number of hydrogen-bond donors (Lipinski definition) is 3. The van der Waals surface area contributed by atoms with Crippen LogP contribution in [-0.2, 0) is 4.79 Å². The molecule has 30 heavy (non-hydrogen) atoms. The number of para-hydroxylation sites is 1. The molecule has 3 aromatic carbocycles. The first-order valence-corrected chi connectivity index (χ1v) is 9.71. The molecule has 3 amide bonds. The Morgan fingerprint density at radius 1 is 0.833 bits per heavy atom.